The summed E-state index contributed by atoms with van der Waals surface area (Å²) in [6.07, 6.45) is 10.4. The Labute approximate surface area is 213 Å². The highest BCUT2D eigenvalue weighted by atomic mass is 16.5. The van der Waals surface area contributed by atoms with Gasteiger partial charge < -0.3 is 19.8 Å². The second kappa shape index (κ2) is 12.8. The summed E-state index contributed by atoms with van der Waals surface area (Å²) in [4.78, 5) is 22.3. The van der Waals surface area contributed by atoms with E-state index in [1.807, 2.05) is 36.7 Å². The number of piperidine rings is 1. The number of benzene rings is 1. The predicted octanol–water partition coefficient (Wildman–Crippen LogP) is 4.89. The molecule has 7 heteroatoms. The number of carbonyl (C=O) groups is 1. The number of pyridine rings is 2. The number of nitrogens with zero attached hydrogens (tertiary/aromatic N) is 3. The lowest BCUT2D eigenvalue weighted by molar-refractivity contribution is -0.137. The van der Waals surface area contributed by atoms with Gasteiger partial charge in [-0.15, -0.1) is 0 Å². The maximum atomic E-state index is 11.3. The van der Waals surface area contributed by atoms with Crippen LogP contribution in [-0.4, -0.2) is 57.8 Å². The Morgan fingerprint density at radius 1 is 1.14 bits per heavy atom. The molecule has 2 aromatic heterocycles. The molecule has 3 aromatic rings. The summed E-state index contributed by atoms with van der Waals surface area (Å²) in [5.74, 6) is 0.755. The Morgan fingerprint density at radius 3 is 2.75 bits per heavy atom. The van der Waals surface area contributed by atoms with Crippen LogP contribution in [-0.2, 0) is 11.2 Å². The molecule has 0 bridgehead atoms. The standard InChI is InChI=1S/C29H37N3O4/c1-36-24-6-7-27-26(19-24)25(12-16-31-27)28(33)8-4-22-13-18-32(20-23(22)5-9-29(34)35)17-2-3-21-10-14-30-15-11-21/h6-7,10-12,14-16,19,22-23,28,33H,2-5,8-9,13,17-18,20H2,1H3,(H,34,35)/t22?,23?,28-/m0/s1. The number of aliphatic carboxylic acids is 1. The molecule has 1 aromatic carbocycles. The number of carboxylic acid groups (broad SMARTS) is 1. The average Bonchev–Trinajstić information content (AvgIpc) is 2.91. The van der Waals surface area contributed by atoms with Crippen LogP contribution < -0.4 is 4.74 Å². The third kappa shape index (κ3) is 7.02. The second-order valence-electron chi connectivity index (χ2n) is 9.88. The lowest BCUT2D eigenvalue weighted by Crippen LogP contribution is -2.41. The van der Waals surface area contributed by atoms with Gasteiger partial charge in [-0.25, -0.2) is 0 Å². The molecule has 0 spiro atoms. The largest absolute Gasteiger partial charge is 0.497 e. The van der Waals surface area contributed by atoms with Crippen molar-refractivity contribution in [3.05, 3.63) is 66.1 Å². The first-order chi connectivity index (χ1) is 17.5. The molecule has 0 radical (unpaired) electrons. The quantitative estimate of drug-likeness (QED) is 0.372. The van der Waals surface area contributed by atoms with E-state index in [1.54, 1.807) is 13.3 Å². The molecule has 3 atom stereocenters. The molecule has 1 aliphatic heterocycles. The molecule has 0 saturated carbocycles. The summed E-state index contributed by atoms with van der Waals surface area (Å²) in [6.45, 7) is 2.97. The molecule has 4 rings (SSSR count). The minimum atomic E-state index is -0.735. The van der Waals surface area contributed by atoms with Gasteiger partial charge in [0.1, 0.15) is 5.75 Å². The number of aryl methyl sites for hydroxylation is 1. The summed E-state index contributed by atoms with van der Waals surface area (Å²) in [5, 5.41) is 21.3. The van der Waals surface area contributed by atoms with Crippen molar-refractivity contribution in [1.29, 1.82) is 0 Å². The topological polar surface area (TPSA) is 95.8 Å². The van der Waals surface area contributed by atoms with Gasteiger partial charge >= 0.3 is 5.97 Å². The van der Waals surface area contributed by atoms with E-state index in [2.05, 4.69) is 27.0 Å². The van der Waals surface area contributed by atoms with E-state index >= 15 is 0 Å². The van der Waals surface area contributed by atoms with Gasteiger partial charge in [-0.2, -0.15) is 0 Å². The number of hydrogen-bond donors (Lipinski definition) is 2. The summed E-state index contributed by atoms with van der Waals surface area (Å²) in [5.41, 5.74) is 3.01. The van der Waals surface area contributed by atoms with Crippen LogP contribution in [0.5, 0.6) is 5.75 Å². The molecule has 7 nitrogen and oxygen atoms in total. The van der Waals surface area contributed by atoms with Gasteiger partial charge in [0.25, 0.3) is 0 Å². The van der Waals surface area contributed by atoms with Crippen LogP contribution in [0.1, 0.15) is 55.8 Å². The number of rotatable bonds is 12. The molecule has 192 valence electrons. The number of aliphatic hydroxyl groups excluding tert-OH is 1. The minimum Gasteiger partial charge on any atom is -0.497 e. The van der Waals surface area contributed by atoms with Gasteiger partial charge in [-0.05, 0) is 111 Å². The molecular weight excluding hydrogens is 454 g/mol. The fraction of sp³-hybridized carbons (Fsp3) is 0.483. The highest BCUT2D eigenvalue weighted by molar-refractivity contribution is 5.83. The third-order valence-electron chi connectivity index (χ3n) is 7.55. The van der Waals surface area contributed by atoms with Crippen LogP contribution in [0, 0.1) is 11.8 Å². The first kappa shape index (κ1) is 26.0. The molecule has 1 saturated heterocycles. The van der Waals surface area contributed by atoms with Crippen molar-refractivity contribution in [3.8, 4) is 5.75 Å². The number of hydrogen-bond acceptors (Lipinski definition) is 6. The summed E-state index contributed by atoms with van der Waals surface area (Å²) in [7, 11) is 1.64. The van der Waals surface area contributed by atoms with E-state index in [0.717, 1.165) is 67.5 Å². The van der Waals surface area contributed by atoms with E-state index in [1.165, 1.54) is 5.56 Å². The predicted molar refractivity (Wildman–Crippen MR) is 140 cm³/mol. The maximum Gasteiger partial charge on any atom is 0.303 e. The molecule has 3 heterocycles. The van der Waals surface area contributed by atoms with Crippen LogP contribution in [0.3, 0.4) is 0 Å². The molecular formula is C29H37N3O4. The van der Waals surface area contributed by atoms with E-state index in [0.29, 0.717) is 24.7 Å². The molecule has 2 N–H and O–H groups in total. The Kier molecular flexibility index (Phi) is 9.25. The van der Waals surface area contributed by atoms with Gasteiger partial charge in [0.2, 0.25) is 0 Å². The molecule has 0 aliphatic carbocycles. The van der Waals surface area contributed by atoms with Crippen LogP contribution >= 0.6 is 0 Å². The van der Waals surface area contributed by atoms with E-state index in [9.17, 15) is 15.0 Å². The average molecular weight is 492 g/mol. The molecule has 2 unspecified atom stereocenters. The lowest BCUT2D eigenvalue weighted by Gasteiger charge is -2.39. The van der Waals surface area contributed by atoms with Crippen molar-refractivity contribution in [2.45, 2.75) is 51.0 Å². The maximum absolute atomic E-state index is 11.3. The molecule has 36 heavy (non-hydrogen) atoms. The minimum absolute atomic E-state index is 0.198. The van der Waals surface area contributed by atoms with Gasteiger partial charge in [0.15, 0.2) is 0 Å². The van der Waals surface area contributed by atoms with Crippen LogP contribution in [0.15, 0.2) is 55.0 Å². The Morgan fingerprint density at radius 2 is 1.97 bits per heavy atom. The zero-order valence-electron chi connectivity index (χ0n) is 21.1. The van der Waals surface area contributed by atoms with Crippen molar-refractivity contribution >= 4 is 16.9 Å². The number of methoxy groups -OCH3 is 1. The first-order valence-electron chi connectivity index (χ1n) is 13.0. The van der Waals surface area contributed by atoms with Gasteiger partial charge in [0.05, 0.1) is 18.7 Å². The highest BCUT2D eigenvalue weighted by Crippen LogP contribution is 2.35. The van der Waals surface area contributed by atoms with Crippen molar-refractivity contribution in [2.75, 3.05) is 26.7 Å². The highest BCUT2D eigenvalue weighted by Gasteiger charge is 2.30. The number of carboxylic acids is 1. The number of likely N-dealkylation sites (tertiary alicyclic amines) is 1. The summed E-state index contributed by atoms with van der Waals surface area (Å²) in [6, 6.07) is 11.7. The van der Waals surface area contributed by atoms with Crippen LogP contribution in [0.25, 0.3) is 10.9 Å². The third-order valence-corrected chi connectivity index (χ3v) is 7.55. The fourth-order valence-corrected chi connectivity index (χ4v) is 5.52. The van der Waals surface area contributed by atoms with E-state index in [-0.39, 0.29) is 6.42 Å². The monoisotopic (exact) mass is 491 g/mol. The van der Waals surface area contributed by atoms with Crippen molar-refractivity contribution in [3.63, 3.8) is 0 Å². The number of aliphatic hydroxyl groups is 1. The Balaban J connectivity index is 1.35. The van der Waals surface area contributed by atoms with E-state index < -0.39 is 12.1 Å². The zero-order chi connectivity index (χ0) is 25.3. The Hall–Kier alpha value is -3.03. The fourth-order valence-electron chi connectivity index (χ4n) is 5.52. The SMILES string of the molecule is COc1ccc2nccc([C@@H](O)CCC3CCN(CCCc4ccncc4)CC3CCC(=O)O)c2c1. The lowest BCUT2D eigenvalue weighted by atomic mass is 9.79. The molecule has 0 amide bonds. The first-order valence-corrected chi connectivity index (χ1v) is 13.0. The van der Waals surface area contributed by atoms with Gasteiger partial charge in [-0.3, -0.25) is 14.8 Å². The number of fused-ring (bicyclic) bond motifs is 1. The smallest absolute Gasteiger partial charge is 0.303 e. The zero-order valence-corrected chi connectivity index (χ0v) is 21.1. The Bertz CT molecular complexity index is 1120. The van der Waals surface area contributed by atoms with Crippen LogP contribution in [0.2, 0.25) is 0 Å². The number of ether oxygens (including phenoxy) is 1. The van der Waals surface area contributed by atoms with Crippen molar-refractivity contribution < 1.29 is 19.7 Å². The van der Waals surface area contributed by atoms with Crippen molar-refractivity contribution in [1.82, 2.24) is 14.9 Å². The number of aromatic nitrogens is 2. The second-order valence-corrected chi connectivity index (χ2v) is 9.88. The van der Waals surface area contributed by atoms with Crippen LogP contribution in [0.4, 0.5) is 0 Å². The normalized spacial score (nSPS) is 19.3. The molecule has 1 aliphatic rings. The molecule has 1 fully saturated rings. The summed E-state index contributed by atoms with van der Waals surface area (Å²) < 4.78 is 5.37. The van der Waals surface area contributed by atoms with E-state index in [4.69, 9.17) is 4.74 Å². The van der Waals surface area contributed by atoms with Gasteiger partial charge in [0, 0.05) is 36.9 Å². The summed E-state index contributed by atoms with van der Waals surface area (Å²) >= 11 is 0. The van der Waals surface area contributed by atoms with Gasteiger partial charge in [-0.1, -0.05) is 0 Å². The van der Waals surface area contributed by atoms with Crippen molar-refractivity contribution in [2.24, 2.45) is 11.8 Å².